The maximum atomic E-state index is 15.9. The Hall–Kier alpha value is -6.70. The first-order valence-corrected chi connectivity index (χ1v) is 39.8. The van der Waals surface area contributed by atoms with Gasteiger partial charge in [-0.25, -0.2) is 0 Å². The highest BCUT2D eigenvalue weighted by Crippen LogP contribution is 2.50. The fraction of sp³-hybridized carbons (Fsp3) is 0.823. The van der Waals surface area contributed by atoms with E-state index in [2.05, 4.69) is 41.7 Å². The summed E-state index contributed by atoms with van der Waals surface area (Å²) < 4.78 is 6.23. The monoisotopic (exact) mass is 1470 g/mol. The molecule has 1 spiro atoms. The van der Waals surface area contributed by atoms with E-state index in [0.29, 0.717) is 68.7 Å². The Balaban J connectivity index is 1.20. The highest BCUT2D eigenvalue weighted by atomic mass is 16.5. The van der Waals surface area contributed by atoms with E-state index in [-0.39, 0.29) is 76.0 Å². The number of hydrogen-bond donors (Lipinski definition) is 3. The Morgan fingerprint density at radius 1 is 0.648 bits per heavy atom. The number of carbonyl (C=O) groups is 12. The van der Waals surface area contributed by atoms with E-state index >= 15 is 33.6 Å². The fourth-order valence-corrected chi connectivity index (χ4v) is 19.2. The van der Waals surface area contributed by atoms with Gasteiger partial charge in [0.1, 0.15) is 53.9 Å². The smallest absolute Gasteiger partial charge is 0.248 e. The molecule has 590 valence electrons. The number of hydrogen-bond acceptors (Lipinski definition) is 14. The first-order valence-electron chi connectivity index (χ1n) is 39.8. The van der Waals surface area contributed by atoms with Gasteiger partial charge in [-0.2, -0.15) is 0 Å². The second-order valence-electron chi connectivity index (χ2n) is 34.2. The summed E-state index contributed by atoms with van der Waals surface area (Å²) in [6, 6.07) is -8.94. The van der Waals surface area contributed by atoms with Crippen molar-refractivity contribution < 1.29 is 62.3 Å². The van der Waals surface area contributed by atoms with E-state index in [1.165, 1.54) is 88.5 Å². The third-order valence-electron chi connectivity index (χ3n) is 25.5. The Labute approximate surface area is 626 Å². The van der Waals surface area contributed by atoms with Crippen LogP contribution in [0.25, 0.3) is 0 Å². The number of amides is 12. The van der Waals surface area contributed by atoms with Crippen molar-refractivity contribution in [2.45, 2.75) is 269 Å². The lowest BCUT2D eigenvalue weighted by atomic mass is 9.58. The zero-order valence-electron chi connectivity index (χ0n) is 66.8. The molecule has 8 rings (SSSR count). The lowest BCUT2D eigenvalue weighted by Crippen LogP contribution is -2.71. The van der Waals surface area contributed by atoms with Crippen molar-refractivity contribution in [1.82, 2.24) is 64.9 Å². The lowest BCUT2D eigenvalue weighted by molar-refractivity contribution is -0.161. The normalized spacial score (nSPS) is 33.4. The second-order valence-corrected chi connectivity index (χ2v) is 34.2. The molecule has 3 N–H and O–H groups in total. The second kappa shape index (κ2) is 36.5. The quantitative estimate of drug-likeness (QED) is 0.197. The fourth-order valence-electron chi connectivity index (χ4n) is 19.2. The third kappa shape index (κ3) is 19.8. The highest BCUT2D eigenvalue weighted by molar-refractivity contribution is 6.01. The van der Waals surface area contributed by atoms with E-state index in [9.17, 15) is 24.0 Å². The summed E-state index contributed by atoms with van der Waals surface area (Å²) in [5, 5.41) is 9.22. The molecule has 2 bridgehead atoms. The number of fused-ring (bicyclic) bond motifs is 4. The zero-order valence-corrected chi connectivity index (χ0v) is 66.8. The molecule has 14 atom stereocenters. The summed E-state index contributed by atoms with van der Waals surface area (Å²) in [7, 11) is 14.1. The van der Waals surface area contributed by atoms with E-state index in [1.54, 1.807) is 18.9 Å². The van der Waals surface area contributed by atoms with Gasteiger partial charge in [0, 0.05) is 95.1 Å². The number of ether oxygens (including phenoxy) is 1. The third-order valence-corrected chi connectivity index (χ3v) is 25.5. The average Bonchev–Trinajstić information content (AvgIpc) is 1.55. The van der Waals surface area contributed by atoms with Crippen LogP contribution in [-0.4, -0.2) is 289 Å². The first kappa shape index (κ1) is 83.9. The van der Waals surface area contributed by atoms with Crippen molar-refractivity contribution in [3.63, 3.8) is 0 Å². The summed E-state index contributed by atoms with van der Waals surface area (Å²) in [6.07, 6.45) is 14.9. The maximum absolute atomic E-state index is 15.9. The van der Waals surface area contributed by atoms with Gasteiger partial charge in [-0.15, -0.1) is 0 Å². The van der Waals surface area contributed by atoms with Gasteiger partial charge in [0.25, 0.3) is 0 Å². The van der Waals surface area contributed by atoms with Crippen LogP contribution in [0.3, 0.4) is 0 Å². The molecule has 4 aliphatic carbocycles. The van der Waals surface area contributed by atoms with Crippen molar-refractivity contribution in [3.05, 3.63) is 12.2 Å². The Kier molecular flexibility index (Phi) is 29.2. The molecule has 4 unspecified atom stereocenters. The van der Waals surface area contributed by atoms with Crippen molar-refractivity contribution >= 4 is 70.9 Å². The molecular formula is C79H131N13O13. The van der Waals surface area contributed by atoms with E-state index in [1.807, 2.05) is 46.8 Å². The van der Waals surface area contributed by atoms with E-state index < -0.39 is 162 Å². The SMILES string of the molecule is CCC[C@H]1C(=O)N[C@@H]([C@@H](C)CC)C(=O)N(C)CC(=O)N(C)[C@H]2C/C=C\CCN(C2=O)[C@@H](CC2CCC(C)CC2)C(=O)N(C)CC(=O)N[C@@H](CCC2CCC3C(C)CN(C)C3C2)C(=O)N2C[C@H](OCC)C[C@H]2C(=O)NC2(CC(C)(C)C2)C(=O)N(C)[C@@H](C2CCCC2)C(=O)N(C)[C@H](C(=O)N(C)C)CC(=O)N1C. The molecule has 0 aromatic rings. The number of nitrogens with zero attached hydrogens (tertiary/aromatic N) is 10. The molecule has 3 saturated heterocycles. The molecule has 12 amide bonds. The van der Waals surface area contributed by atoms with E-state index in [0.717, 1.165) is 64.3 Å². The maximum Gasteiger partial charge on any atom is 0.248 e. The average molecular weight is 1470 g/mol. The Morgan fingerprint density at radius 2 is 1.30 bits per heavy atom. The van der Waals surface area contributed by atoms with Gasteiger partial charge in [-0.3, -0.25) is 57.5 Å². The van der Waals surface area contributed by atoms with Crippen LogP contribution >= 0.6 is 0 Å². The predicted molar refractivity (Wildman–Crippen MR) is 400 cm³/mol. The first-order chi connectivity index (χ1) is 49.6. The molecule has 26 heteroatoms. The number of rotatable bonds is 13. The summed E-state index contributed by atoms with van der Waals surface area (Å²) in [4.78, 5) is 197. The minimum absolute atomic E-state index is 0.00981. The highest BCUT2D eigenvalue weighted by Gasteiger charge is 2.59. The van der Waals surface area contributed by atoms with E-state index in [4.69, 9.17) is 4.74 Å². The summed E-state index contributed by atoms with van der Waals surface area (Å²) in [5.74, 6) is -5.71. The van der Waals surface area contributed by atoms with Crippen molar-refractivity contribution in [2.24, 2.45) is 46.8 Å². The molecule has 8 aliphatic rings. The zero-order chi connectivity index (χ0) is 77.3. The molecular weight excluding hydrogens is 1340 g/mol. The standard InChI is InChI=1S/C79H131N13O13/c1-18-26-58-69(96)81-67(50(5)19-2)75(102)86(13)46-66(95)88(15)59-29-22-21-25-38-91(74(59)101)63(40-52-32-30-49(4)31-33-52)73(100)85(12)45-64(93)80-57(37-35-53-34-36-56-51(6)43-84(11)60(56)39-53)71(98)92-44-55(105-20-3)41-61(92)70(97)82-79(47-78(7,8)48-79)77(104)90(17)68(54-27-23-24-28-54)76(103)89(16)62(72(99)83(9)10)42-65(94)87(58)14/h21-22,49-63,67-68H,18-20,23-48H2,1-17H3,(H,80,93)(H,81,96)(H,82,97)/b22-21-/t49?,50-,51?,52?,53?,55+,56?,57-,58-,59-,60?,61-,62-,63-,67-,68-/m0/s1. The molecule has 4 aliphatic heterocycles. The van der Waals surface area contributed by atoms with Crippen molar-refractivity contribution in [1.29, 1.82) is 0 Å². The molecule has 7 fully saturated rings. The summed E-state index contributed by atoms with van der Waals surface area (Å²) in [5.41, 5.74) is -2.00. The van der Waals surface area contributed by atoms with Crippen molar-refractivity contribution in [3.8, 4) is 0 Å². The van der Waals surface area contributed by atoms with Gasteiger partial charge in [-0.05, 0) is 138 Å². The molecule has 0 radical (unpaired) electrons. The van der Waals surface area contributed by atoms with Gasteiger partial charge in [0.2, 0.25) is 70.9 Å². The largest absolute Gasteiger partial charge is 0.377 e. The predicted octanol–water partition coefficient (Wildman–Crippen LogP) is 5.30. The molecule has 4 heterocycles. The molecule has 105 heavy (non-hydrogen) atoms. The van der Waals surface area contributed by atoms with Crippen LogP contribution < -0.4 is 16.0 Å². The summed E-state index contributed by atoms with van der Waals surface area (Å²) in [6.45, 7) is 16.3. The van der Waals surface area contributed by atoms with Crippen molar-refractivity contribution in [2.75, 3.05) is 103 Å². The van der Waals surface area contributed by atoms with Gasteiger partial charge in [0.15, 0.2) is 0 Å². The van der Waals surface area contributed by atoms with Crippen LogP contribution in [0.2, 0.25) is 0 Å². The molecule has 0 aromatic carbocycles. The number of nitrogens with one attached hydrogen (secondary N) is 3. The number of likely N-dealkylation sites (N-methyl/N-ethyl adjacent to an activating group) is 7. The van der Waals surface area contributed by atoms with Gasteiger partial charge < -0.3 is 69.7 Å². The summed E-state index contributed by atoms with van der Waals surface area (Å²) >= 11 is 0. The molecule has 0 aromatic heterocycles. The van der Waals surface area contributed by atoms with Gasteiger partial charge in [-0.1, -0.05) is 118 Å². The van der Waals surface area contributed by atoms with Crippen LogP contribution in [0, 0.1) is 46.8 Å². The number of likely N-dealkylation sites (tertiary alicyclic amines) is 1. The van der Waals surface area contributed by atoms with Crippen LogP contribution in [0.4, 0.5) is 0 Å². The molecule has 4 saturated carbocycles. The van der Waals surface area contributed by atoms with Gasteiger partial charge >= 0.3 is 0 Å². The Morgan fingerprint density at radius 3 is 1.93 bits per heavy atom. The minimum Gasteiger partial charge on any atom is -0.377 e. The minimum atomic E-state index is -1.55. The molecule has 26 nitrogen and oxygen atoms in total. The topological polar surface area (TPSA) is 283 Å². The Bertz CT molecular complexity index is 3140. The van der Waals surface area contributed by atoms with Crippen LogP contribution in [0.5, 0.6) is 0 Å². The van der Waals surface area contributed by atoms with Crippen LogP contribution in [0.15, 0.2) is 12.2 Å². The van der Waals surface area contributed by atoms with Crippen LogP contribution in [0.1, 0.15) is 203 Å². The number of carbonyl (C=O) groups excluding carboxylic acids is 12. The lowest BCUT2D eigenvalue weighted by Gasteiger charge is -2.54. The van der Waals surface area contributed by atoms with Gasteiger partial charge in [0.05, 0.1) is 25.6 Å². The van der Waals surface area contributed by atoms with Crippen LogP contribution in [-0.2, 0) is 62.3 Å².